The van der Waals surface area contributed by atoms with Crippen molar-refractivity contribution in [3.8, 4) is 0 Å². The number of benzene rings is 1. The number of rotatable bonds is 4. The van der Waals surface area contributed by atoms with Crippen LogP contribution in [0.5, 0.6) is 0 Å². The molecule has 5 rings (SSSR count). The predicted octanol–water partition coefficient (Wildman–Crippen LogP) is 2.24. The van der Waals surface area contributed by atoms with Gasteiger partial charge in [-0.15, -0.1) is 0 Å². The first-order valence-electron chi connectivity index (χ1n) is 9.94. The fourth-order valence-corrected chi connectivity index (χ4v) is 4.41. The quantitative estimate of drug-likeness (QED) is 0.814. The summed E-state index contributed by atoms with van der Waals surface area (Å²) in [5.41, 5.74) is 3.34. The number of nitrogens with one attached hydrogen (secondary N) is 2. The molecule has 26 heavy (non-hydrogen) atoms. The Morgan fingerprint density at radius 3 is 2.62 bits per heavy atom. The molecule has 1 aromatic rings. The van der Waals surface area contributed by atoms with Gasteiger partial charge in [0.1, 0.15) is 0 Å². The fourth-order valence-electron chi connectivity index (χ4n) is 4.41. The van der Waals surface area contributed by atoms with Gasteiger partial charge >= 0.3 is 0 Å². The maximum atomic E-state index is 12.8. The van der Waals surface area contributed by atoms with E-state index in [1.165, 1.54) is 5.69 Å². The third-order valence-electron chi connectivity index (χ3n) is 6.19. The van der Waals surface area contributed by atoms with E-state index in [-0.39, 0.29) is 17.9 Å². The molecule has 140 valence electrons. The number of likely N-dealkylation sites (N-methyl/N-ethyl adjacent to an activating group) is 1. The van der Waals surface area contributed by atoms with Gasteiger partial charge in [-0.25, -0.2) is 0 Å². The number of hydrogen-bond acceptors (Lipinski definition) is 4. The summed E-state index contributed by atoms with van der Waals surface area (Å²) in [5.74, 6) is 0.685. The van der Waals surface area contributed by atoms with Gasteiger partial charge in [-0.3, -0.25) is 4.79 Å². The molecule has 5 heteroatoms. The second kappa shape index (κ2) is 7.41. The topological polar surface area (TPSA) is 47.6 Å². The normalized spacial score (nSPS) is 28.4. The number of fused-ring (bicyclic) bond motifs is 2. The van der Waals surface area contributed by atoms with Gasteiger partial charge in [0.05, 0.1) is 5.92 Å². The molecular formula is C21H30N4O. The van der Waals surface area contributed by atoms with E-state index in [9.17, 15) is 4.79 Å². The molecule has 1 amide bonds. The van der Waals surface area contributed by atoms with Gasteiger partial charge in [-0.2, -0.15) is 0 Å². The van der Waals surface area contributed by atoms with Gasteiger partial charge in [0, 0.05) is 50.1 Å². The van der Waals surface area contributed by atoms with Crippen LogP contribution in [0.3, 0.4) is 0 Å². The average Bonchev–Trinajstić information content (AvgIpc) is 2.70. The standard InChI is InChI=1S/C21H30N4O/c1-3-24-8-10-25(11-9-24)17-5-7-19(15(2)12-17)23-21(26)18-13-16-4-6-20(18)22-14-16/h4-7,12,16,18,20,22H,3,8-11,13-14H2,1-2H3,(H,23,26). The van der Waals surface area contributed by atoms with E-state index in [0.29, 0.717) is 5.92 Å². The van der Waals surface area contributed by atoms with Gasteiger partial charge < -0.3 is 20.4 Å². The minimum absolute atomic E-state index is 0.0416. The Balaban J connectivity index is 1.40. The smallest absolute Gasteiger partial charge is 0.229 e. The van der Waals surface area contributed by atoms with Crippen LogP contribution in [-0.2, 0) is 4.79 Å². The van der Waals surface area contributed by atoms with E-state index in [1.54, 1.807) is 0 Å². The van der Waals surface area contributed by atoms with Crippen LogP contribution in [0.25, 0.3) is 0 Å². The minimum atomic E-state index is 0.0416. The number of amides is 1. The number of aryl methyl sites for hydroxylation is 1. The Hall–Kier alpha value is -1.85. The third-order valence-corrected chi connectivity index (χ3v) is 6.19. The molecule has 0 aromatic heterocycles. The molecule has 3 atom stereocenters. The molecule has 2 fully saturated rings. The van der Waals surface area contributed by atoms with Crippen LogP contribution < -0.4 is 15.5 Å². The van der Waals surface area contributed by atoms with E-state index >= 15 is 0 Å². The van der Waals surface area contributed by atoms with Gasteiger partial charge in [0.2, 0.25) is 5.91 Å². The Kier molecular flexibility index (Phi) is 5.00. The number of nitrogens with zero attached hydrogens (tertiary/aromatic N) is 2. The molecule has 2 N–H and O–H groups in total. The number of carbonyl (C=O) groups excluding carboxylic acids is 1. The maximum Gasteiger partial charge on any atom is 0.229 e. The molecule has 3 heterocycles. The highest BCUT2D eigenvalue weighted by molar-refractivity contribution is 5.94. The van der Waals surface area contributed by atoms with Crippen molar-refractivity contribution in [2.75, 3.05) is 49.5 Å². The van der Waals surface area contributed by atoms with E-state index in [4.69, 9.17) is 0 Å². The SMILES string of the molecule is CCN1CCN(c2ccc(NC(=O)C3CC4C=CC3NC4)c(C)c2)CC1. The van der Waals surface area contributed by atoms with E-state index in [0.717, 1.165) is 56.9 Å². The molecule has 0 radical (unpaired) electrons. The molecule has 5 nitrogen and oxygen atoms in total. The zero-order valence-electron chi connectivity index (χ0n) is 15.9. The lowest BCUT2D eigenvalue weighted by Crippen LogP contribution is -2.51. The Morgan fingerprint density at radius 1 is 1.23 bits per heavy atom. The minimum Gasteiger partial charge on any atom is -0.369 e. The molecule has 3 unspecified atom stereocenters. The van der Waals surface area contributed by atoms with Crippen LogP contribution in [0, 0.1) is 18.8 Å². The Morgan fingerprint density at radius 2 is 2.04 bits per heavy atom. The summed E-state index contributed by atoms with van der Waals surface area (Å²) >= 11 is 0. The molecular weight excluding hydrogens is 324 g/mol. The molecule has 4 aliphatic rings. The van der Waals surface area contributed by atoms with Crippen molar-refractivity contribution in [3.05, 3.63) is 35.9 Å². The lowest BCUT2D eigenvalue weighted by molar-refractivity contribution is -0.121. The maximum absolute atomic E-state index is 12.8. The summed E-state index contributed by atoms with van der Waals surface area (Å²) in [6.45, 7) is 10.8. The van der Waals surface area contributed by atoms with Crippen molar-refractivity contribution >= 4 is 17.3 Å². The fraction of sp³-hybridized carbons (Fsp3) is 0.571. The number of anilines is 2. The van der Waals surface area contributed by atoms with Gasteiger partial charge in [0.25, 0.3) is 0 Å². The first kappa shape index (κ1) is 17.6. The van der Waals surface area contributed by atoms with Crippen molar-refractivity contribution < 1.29 is 4.79 Å². The number of piperazine rings is 1. The number of piperidine rings is 1. The summed E-state index contributed by atoms with van der Waals surface area (Å²) in [5, 5.41) is 6.62. The molecule has 0 saturated carbocycles. The third kappa shape index (κ3) is 3.51. The zero-order valence-corrected chi connectivity index (χ0v) is 15.9. The van der Waals surface area contributed by atoms with E-state index in [1.807, 2.05) is 0 Å². The lowest BCUT2D eigenvalue weighted by atomic mass is 9.78. The van der Waals surface area contributed by atoms with Crippen molar-refractivity contribution in [2.45, 2.75) is 26.3 Å². The highest BCUT2D eigenvalue weighted by Crippen LogP contribution is 2.30. The molecule has 0 spiro atoms. The van der Waals surface area contributed by atoms with Gasteiger partial charge in [-0.05, 0) is 49.6 Å². The second-order valence-electron chi connectivity index (χ2n) is 7.83. The lowest BCUT2D eigenvalue weighted by Gasteiger charge is -2.38. The summed E-state index contributed by atoms with van der Waals surface area (Å²) < 4.78 is 0. The monoisotopic (exact) mass is 354 g/mol. The van der Waals surface area contributed by atoms with E-state index in [2.05, 4.69) is 64.6 Å². The molecule has 1 aliphatic carbocycles. The zero-order chi connectivity index (χ0) is 18.1. The van der Waals surface area contributed by atoms with Crippen molar-refractivity contribution in [1.29, 1.82) is 0 Å². The summed E-state index contributed by atoms with van der Waals surface area (Å²) in [6.07, 6.45) is 5.37. The van der Waals surface area contributed by atoms with Crippen LogP contribution in [0.4, 0.5) is 11.4 Å². The average molecular weight is 354 g/mol. The Bertz CT molecular complexity index is 693. The Labute approximate surface area is 156 Å². The van der Waals surface area contributed by atoms with Crippen LogP contribution in [0.2, 0.25) is 0 Å². The second-order valence-corrected chi connectivity index (χ2v) is 7.83. The van der Waals surface area contributed by atoms with Crippen molar-refractivity contribution in [2.24, 2.45) is 11.8 Å². The van der Waals surface area contributed by atoms with Crippen LogP contribution in [0.1, 0.15) is 18.9 Å². The summed E-state index contributed by atoms with van der Waals surface area (Å²) in [7, 11) is 0. The van der Waals surface area contributed by atoms with Crippen LogP contribution >= 0.6 is 0 Å². The van der Waals surface area contributed by atoms with Crippen LogP contribution in [-0.4, -0.2) is 56.1 Å². The highest BCUT2D eigenvalue weighted by atomic mass is 16.1. The van der Waals surface area contributed by atoms with Crippen molar-refractivity contribution in [1.82, 2.24) is 10.2 Å². The van der Waals surface area contributed by atoms with E-state index < -0.39 is 0 Å². The van der Waals surface area contributed by atoms with Crippen LogP contribution in [0.15, 0.2) is 30.4 Å². The van der Waals surface area contributed by atoms with Gasteiger partial charge in [0.15, 0.2) is 0 Å². The molecule has 3 aliphatic heterocycles. The number of carbonyl (C=O) groups is 1. The molecule has 1 aromatic carbocycles. The molecule has 2 saturated heterocycles. The predicted molar refractivity (Wildman–Crippen MR) is 107 cm³/mol. The van der Waals surface area contributed by atoms with Crippen molar-refractivity contribution in [3.63, 3.8) is 0 Å². The number of hydrogen-bond donors (Lipinski definition) is 2. The van der Waals surface area contributed by atoms with Gasteiger partial charge in [-0.1, -0.05) is 19.1 Å². The highest BCUT2D eigenvalue weighted by Gasteiger charge is 2.36. The first-order chi connectivity index (χ1) is 12.6. The molecule has 2 bridgehead atoms. The first-order valence-corrected chi connectivity index (χ1v) is 9.94. The summed E-state index contributed by atoms with van der Waals surface area (Å²) in [6, 6.07) is 6.62. The summed E-state index contributed by atoms with van der Waals surface area (Å²) in [4.78, 5) is 17.7. The largest absolute Gasteiger partial charge is 0.369 e.